The summed E-state index contributed by atoms with van der Waals surface area (Å²) in [5.41, 5.74) is 7.61. The van der Waals surface area contributed by atoms with Crippen LogP contribution in [-0.4, -0.2) is 31.3 Å². The molecular weight excluding hydrogens is 260 g/mol. The van der Waals surface area contributed by atoms with E-state index in [4.69, 9.17) is 4.74 Å². The third-order valence-electron chi connectivity index (χ3n) is 3.96. The lowest BCUT2D eigenvalue weighted by atomic mass is 9.95. The molecule has 1 N–H and O–H groups in total. The first-order valence-corrected chi connectivity index (χ1v) is 7.54. The van der Waals surface area contributed by atoms with Crippen molar-refractivity contribution in [2.24, 2.45) is 0 Å². The molecule has 1 atom stereocenters. The van der Waals surface area contributed by atoms with E-state index in [1.807, 2.05) is 0 Å². The lowest BCUT2D eigenvalue weighted by Gasteiger charge is -2.32. The van der Waals surface area contributed by atoms with Gasteiger partial charge >= 0.3 is 0 Å². The Morgan fingerprint density at radius 1 is 0.952 bits per heavy atom. The van der Waals surface area contributed by atoms with Gasteiger partial charge in [0.1, 0.15) is 0 Å². The Kier molecular flexibility index (Phi) is 4.65. The van der Waals surface area contributed by atoms with Crippen LogP contribution in [0.1, 0.15) is 22.7 Å². The molecule has 2 aromatic carbocycles. The number of hydrazine groups is 1. The molecule has 0 radical (unpaired) electrons. The van der Waals surface area contributed by atoms with E-state index in [0.717, 1.165) is 26.3 Å². The molecule has 1 aliphatic rings. The van der Waals surface area contributed by atoms with Gasteiger partial charge in [-0.05, 0) is 23.6 Å². The Balaban J connectivity index is 1.89. The summed E-state index contributed by atoms with van der Waals surface area (Å²) in [6.45, 7) is 5.61. The molecule has 0 aliphatic carbocycles. The zero-order valence-electron chi connectivity index (χ0n) is 12.5. The van der Waals surface area contributed by atoms with Gasteiger partial charge in [-0.25, -0.2) is 10.4 Å². The Bertz CT molecular complexity index is 564. The summed E-state index contributed by atoms with van der Waals surface area (Å²) in [5, 5.41) is 2.27. The molecular formula is C18H22N2O. The summed E-state index contributed by atoms with van der Waals surface area (Å²) in [6, 6.07) is 19.4. The summed E-state index contributed by atoms with van der Waals surface area (Å²) >= 11 is 0. The van der Waals surface area contributed by atoms with Crippen molar-refractivity contribution in [2.45, 2.75) is 13.0 Å². The number of benzene rings is 2. The number of nitrogens with one attached hydrogen (secondary N) is 1. The number of nitrogens with zero attached hydrogens (tertiary/aromatic N) is 1. The summed E-state index contributed by atoms with van der Waals surface area (Å²) in [6.07, 6.45) is 0. The van der Waals surface area contributed by atoms with Gasteiger partial charge in [0, 0.05) is 13.1 Å². The van der Waals surface area contributed by atoms with Gasteiger partial charge in [0.15, 0.2) is 0 Å². The van der Waals surface area contributed by atoms with E-state index in [2.05, 4.69) is 72.0 Å². The topological polar surface area (TPSA) is 24.5 Å². The summed E-state index contributed by atoms with van der Waals surface area (Å²) < 4.78 is 5.43. The molecule has 2 aromatic rings. The average Bonchev–Trinajstić information content (AvgIpc) is 2.55. The number of hydrogen-bond donors (Lipinski definition) is 1. The predicted molar refractivity (Wildman–Crippen MR) is 85.0 cm³/mol. The molecule has 0 bridgehead atoms. The van der Waals surface area contributed by atoms with E-state index in [1.54, 1.807) is 0 Å². The fourth-order valence-electron chi connectivity index (χ4n) is 2.75. The van der Waals surface area contributed by atoms with Crippen LogP contribution in [0.4, 0.5) is 0 Å². The van der Waals surface area contributed by atoms with Crippen molar-refractivity contribution < 1.29 is 4.74 Å². The third-order valence-corrected chi connectivity index (χ3v) is 3.96. The molecule has 21 heavy (non-hydrogen) atoms. The maximum atomic E-state index is 5.43. The molecule has 0 spiro atoms. The molecule has 0 amide bonds. The fraction of sp³-hybridized carbons (Fsp3) is 0.333. The van der Waals surface area contributed by atoms with E-state index in [0.29, 0.717) is 0 Å². The Morgan fingerprint density at radius 3 is 2.33 bits per heavy atom. The van der Waals surface area contributed by atoms with Gasteiger partial charge in [-0.15, -0.1) is 0 Å². The molecule has 1 aliphatic heterocycles. The molecule has 0 saturated carbocycles. The predicted octanol–water partition coefficient (Wildman–Crippen LogP) is 2.92. The Morgan fingerprint density at radius 2 is 1.62 bits per heavy atom. The van der Waals surface area contributed by atoms with E-state index in [9.17, 15) is 0 Å². The molecule has 3 heteroatoms. The first kappa shape index (κ1) is 14.3. The molecule has 110 valence electrons. The lowest BCUT2D eigenvalue weighted by molar-refractivity contribution is 0.00643. The van der Waals surface area contributed by atoms with Crippen molar-refractivity contribution in [3.8, 4) is 0 Å². The van der Waals surface area contributed by atoms with Crippen LogP contribution in [0.5, 0.6) is 0 Å². The number of ether oxygens (including phenoxy) is 1. The zero-order chi connectivity index (χ0) is 14.5. The van der Waals surface area contributed by atoms with Crippen LogP contribution in [-0.2, 0) is 4.74 Å². The molecule has 3 nitrogen and oxygen atoms in total. The van der Waals surface area contributed by atoms with Crippen molar-refractivity contribution in [3.05, 3.63) is 71.3 Å². The molecule has 1 heterocycles. The molecule has 1 saturated heterocycles. The van der Waals surface area contributed by atoms with Crippen LogP contribution in [0.25, 0.3) is 0 Å². The largest absolute Gasteiger partial charge is 0.379 e. The van der Waals surface area contributed by atoms with Crippen LogP contribution in [0, 0.1) is 6.92 Å². The first-order valence-electron chi connectivity index (χ1n) is 7.54. The van der Waals surface area contributed by atoms with Crippen LogP contribution in [0.3, 0.4) is 0 Å². The standard InChI is InChI=1S/C18H22N2O/c1-15-7-5-6-10-17(15)18(16-8-3-2-4-9-16)19-20-11-13-21-14-12-20/h2-10,18-19H,11-14H2,1H3. The smallest absolute Gasteiger partial charge is 0.0717 e. The minimum atomic E-state index is 0.186. The fourth-order valence-corrected chi connectivity index (χ4v) is 2.75. The highest BCUT2D eigenvalue weighted by atomic mass is 16.5. The molecule has 3 rings (SSSR count). The van der Waals surface area contributed by atoms with E-state index < -0.39 is 0 Å². The van der Waals surface area contributed by atoms with Gasteiger partial charge in [-0.1, -0.05) is 54.6 Å². The van der Waals surface area contributed by atoms with Crippen LogP contribution in [0.15, 0.2) is 54.6 Å². The second-order valence-corrected chi connectivity index (χ2v) is 5.43. The molecule has 1 unspecified atom stereocenters. The minimum absolute atomic E-state index is 0.186. The highest BCUT2D eigenvalue weighted by Crippen LogP contribution is 2.25. The van der Waals surface area contributed by atoms with Gasteiger partial charge in [-0.3, -0.25) is 0 Å². The van der Waals surface area contributed by atoms with Gasteiger partial charge in [-0.2, -0.15) is 0 Å². The first-order chi connectivity index (χ1) is 10.3. The van der Waals surface area contributed by atoms with Gasteiger partial charge in [0.2, 0.25) is 0 Å². The Hall–Kier alpha value is -1.68. The highest BCUT2D eigenvalue weighted by molar-refractivity contribution is 5.36. The normalized spacial score (nSPS) is 17.6. The van der Waals surface area contributed by atoms with Crippen molar-refractivity contribution in [1.82, 2.24) is 10.4 Å². The van der Waals surface area contributed by atoms with Crippen molar-refractivity contribution in [1.29, 1.82) is 0 Å². The lowest BCUT2D eigenvalue weighted by Crippen LogP contribution is -2.47. The number of rotatable bonds is 4. The van der Waals surface area contributed by atoms with Crippen molar-refractivity contribution in [2.75, 3.05) is 26.3 Å². The van der Waals surface area contributed by atoms with Crippen LogP contribution in [0.2, 0.25) is 0 Å². The van der Waals surface area contributed by atoms with E-state index in [1.165, 1.54) is 16.7 Å². The third kappa shape index (κ3) is 3.50. The number of morpholine rings is 1. The SMILES string of the molecule is Cc1ccccc1C(NN1CCOCC1)c1ccccc1. The van der Waals surface area contributed by atoms with Gasteiger partial charge < -0.3 is 4.74 Å². The summed E-state index contributed by atoms with van der Waals surface area (Å²) in [5.74, 6) is 0. The summed E-state index contributed by atoms with van der Waals surface area (Å²) in [7, 11) is 0. The maximum Gasteiger partial charge on any atom is 0.0717 e. The molecule has 0 aromatic heterocycles. The zero-order valence-corrected chi connectivity index (χ0v) is 12.5. The minimum Gasteiger partial charge on any atom is -0.379 e. The molecule has 1 fully saturated rings. The highest BCUT2D eigenvalue weighted by Gasteiger charge is 2.20. The van der Waals surface area contributed by atoms with Crippen molar-refractivity contribution in [3.63, 3.8) is 0 Å². The number of aryl methyl sites for hydroxylation is 1. The van der Waals surface area contributed by atoms with Gasteiger partial charge in [0.25, 0.3) is 0 Å². The van der Waals surface area contributed by atoms with Gasteiger partial charge in [0.05, 0.1) is 19.3 Å². The second kappa shape index (κ2) is 6.85. The second-order valence-electron chi connectivity index (χ2n) is 5.43. The average molecular weight is 282 g/mol. The monoisotopic (exact) mass is 282 g/mol. The number of hydrogen-bond acceptors (Lipinski definition) is 3. The van der Waals surface area contributed by atoms with Crippen molar-refractivity contribution >= 4 is 0 Å². The Labute approximate surface area is 126 Å². The summed E-state index contributed by atoms with van der Waals surface area (Å²) in [4.78, 5) is 0. The van der Waals surface area contributed by atoms with E-state index in [-0.39, 0.29) is 6.04 Å². The van der Waals surface area contributed by atoms with Crippen LogP contribution < -0.4 is 5.43 Å². The van der Waals surface area contributed by atoms with E-state index >= 15 is 0 Å². The quantitative estimate of drug-likeness (QED) is 0.933. The van der Waals surface area contributed by atoms with Crippen LogP contribution >= 0.6 is 0 Å². The maximum absolute atomic E-state index is 5.43.